The molecule has 0 saturated carbocycles. The van der Waals surface area contributed by atoms with Crippen LogP contribution in [0.5, 0.6) is 0 Å². The third-order valence-electron chi connectivity index (χ3n) is 2.62. The molecule has 0 fully saturated rings. The number of primary amides is 1. The Morgan fingerprint density at radius 3 is 2.19 bits per heavy atom. The van der Waals surface area contributed by atoms with Crippen molar-refractivity contribution in [1.29, 1.82) is 0 Å². The van der Waals surface area contributed by atoms with Gasteiger partial charge in [-0.15, -0.1) is 0 Å². The lowest BCUT2D eigenvalue weighted by Crippen LogP contribution is -2.14. The van der Waals surface area contributed by atoms with Crippen LogP contribution in [-0.2, 0) is 0 Å². The number of hydrogen-bond acceptors (Lipinski definition) is 2. The zero-order chi connectivity index (χ0) is 15.6. The molecule has 2 aromatic carbocycles. The molecule has 0 heterocycles. The van der Waals surface area contributed by atoms with Gasteiger partial charge in [0.2, 0.25) is 5.91 Å². The molecule has 0 unspecified atom stereocenters. The SMILES string of the molecule is NC(=O)c1ccc(NC(=O)c2cc(Br)cc(Br)c2)cc1Cl. The van der Waals surface area contributed by atoms with Crippen molar-refractivity contribution >= 4 is 61.0 Å². The van der Waals surface area contributed by atoms with Gasteiger partial charge in [-0.25, -0.2) is 0 Å². The normalized spacial score (nSPS) is 10.2. The lowest BCUT2D eigenvalue weighted by molar-refractivity contribution is 0.0998. The number of carbonyl (C=O) groups is 2. The highest BCUT2D eigenvalue weighted by molar-refractivity contribution is 9.11. The first-order valence-electron chi connectivity index (χ1n) is 5.73. The van der Waals surface area contributed by atoms with Crippen molar-refractivity contribution in [2.75, 3.05) is 5.32 Å². The Morgan fingerprint density at radius 1 is 1.05 bits per heavy atom. The van der Waals surface area contributed by atoms with E-state index < -0.39 is 5.91 Å². The highest BCUT2D eigenvalue weighted by Crippen LogP contribution is 2.23. The van der Waals surface area contributed by atoms with Crippen molar-refractivity contribution < 1.29 is 9.59 Å². The Hall–Kier alpha value is -1.37. The van der Waals surface area contributed by atoms with E-state index in [4.69, 9.17) is 17.3 Å². The molecule has 108 valence electrons. The van der Waals surface area contributed by atoms with Crippen LogP contribution in [0.2, 0.25) is 5.02 Å². The summed E-state index contributed by atoms with van der Waals surface area (Å²) in [6.45, 7) is 0. The Labute approximate surface area is 142 Å². The topological polar surface area (TPSA) is 72.2 Å². The fourth-order valence-electron chi connectivity index (χ4n) is 1.68. The van der Waals surface area contributed by atoms with E-state index in [1.54, 1.807) is 18.2 Å². The molecule has 4 nitrogen and oxygen atoms in total. The molecule has 0 bridgehead atoms. The number of benzene rings is 2. The number of rotatable bonds is 3. The molecule has 7 heteroatoms. The third kappa shape index (κ3) is 4.06. The Bertz CT molecular complexity index is 715. The van der Waals surface area contributed by atoms with E-state index >= 15 is 0 Å². The van der Waals surface area contributed by atoms with Crippen molar-refractivity contribution in [1.82, 2.24) is 0 Å². The minimum absolute atomic E-state index is 0.190. The lowest BCUT2D eigenvalue weighted by Gasteiger charge is -2.08. The average Bonchev–Trinajstić information content (AvgIpc) is 2.37. The quantitative estimate of drug-likeness (QED) is 0.763. The summed E-state index contributed by atoms with van der Waals surface area (Å²) in [4.78, 5) is 23.3. The molecule has 2 amide bonds. The second kappa shape index (κ2) is 6.60. The van der Waals surface area contributed by atoms with Crippen LogP contribution in [-0.4, -0.2) is 11.8 Å². The molecule has 0 aromatic heterocycles. The smallest absolute Gasteiger partial charge is 0.255 e. The second-order valence-electron chi connectivity index (χ2n) is 4.17. The summed E-state index contributed by atoms with van der Waals surface area (Å²) in [5, 5.41) is 2.89. The summed E-state index contributed by atoms with van der Waals surface area (Å²) >= 11 is 12.6. The van der Waals surface area contributed by atoms with E-state index in [2.05, 4.69) is 37.2 Å². The molecule has 0 atom stereocenters. The van der Waals surface area contributed by atoms with Crippen LogP contribution in [0.3, 0.4) is 0 Å². The first-order valence-corrected chi connectivity index (χ1v) is 7.70. The van der Waals surface area contributed by atoms with Gasteiger partial charge in [-0.1, -0.05) is 43.5 Å². The average molecular weight is 432 g/mol. The number of nitrogens with one attached hydrogen (secondary N) is 1. The van der Waals surface area contributed by atoms with Crippen molar-refractivity contribution in [2.45, 2.75) is 0 Å². The molecule has 0 radical (unpaired) electrons. The Balaban J connectivity index is 2.23. The summed E-state index contributed by atoms with van der Waals surface area (Å²) in [7, 11) is 0. The van der Waals surface area contributed by atoms with Crippen LogP contribution in [0.15, 0.2) is 45.3 Å². The van der Waals surface area contributed by atoms with E-state index in [1.165, 1.54) is 12.1 Å². The maximum absolute atomic E-state index is 12.2. The zero-order valence-electron chi connectivity index (χ0n) is 10.5. The number of amides is 2. The maximum Gasteiger partial charge on any atom is 0.255 e. The van der Waals surface area contributed by atoms with E-state index in [1.807, 2.05) is 6.07 Å². The van der Waals surface area contributed by atoms with Crippen LogP contribution in [0.4, 0.5) is 5.69 Å². The molecule has 0 aliphatic carbocycles. The fourth-order valence-corrected chi connectivity index (χ4v) is 3.25. The first-order chi connectivity index (χ1) is 9.86. The minimum atomic E-state index is -0.617. The molecular weight excluding hydrogens is 423 g/mol. The second-order valence-corrected chi connectivity index (χ2v) is 6.41. The van der Waals surface area contributed by atoms with Gasteiger partial charge in [-0.05, 0) is 36.4 Å². The van der Waals surface area contributed by atoms with Crippen molar-refractivity contribution in [2.24, 2.45) is 5.73 Å². The monoisotopic (exact) mass is 430 g/mol. The van der Waals surface area contributed by atoms with Gasteiger partial charge >= 0.3 is 0 Å². The summed E-state index contributed by atoms with van der Waals surface area (Å²) in [6.07, 6.45) is 0. The van der Waals surface area contributed by atoms with E-state index in [0.717, 1.165) is 8.95 Å². The third-order valence-corrected chi connectivity index (χ3v) is 3.85. The van der Waals surface area contributed by atoms with Gasteiger partial charge in [0.05, 0.1) is 10.6 Å². The summed E-state index contributed by atoms with van der Waals surface area (Å²) < 4.78 is 1.56. The van der Waals surface area contributed by atoms with Gasteiger partial charge in [0.1, 0.15) is 0 Å². The van der Waals surface area contributed by atoms with Gasteiger partial charge in [0, 0.05) is 20.2 Å². The molecule has 21 heavy (non-hydrogen) atoms. The predicted molar refractivity (Wildman–Crippen MR) is 89.8 cm³/mol. The molecule has 0 aliphatic heterocycles. The van der Waals surface area contributed by atoms with E-state index in [-0.39, 0.29) is 16.5 Å². The molecule has 0 spiro atoms. The van der Waals surface area contributed by atoms with E-state index in [9.17, 15) is 9.59 Å². The number of hydrogen-bond donors (Lipinski definition) is 2. The largest absolute Gasteiger partial charge is 0.366 e. The van der Waals surface area contributed by atoms with Crippen LogP contribution in [0, 0.1) is 0 Å². The van der Waals surface area contributed by atoms with Crippen LogP contribution in [0.1, 0.15) is 20.7 Å². The number of anilines is 1. The molecule has 2 aromatic rings. The van der Waals surface area contributed by atoms with Crippen molar-refractivity contribution in [3.63, 3.8) is 0 Å². The Morgan fingerprint density at radius 2 is 1.67 bits per heavy atom. The lowest BCUT2D eigenvalue weighted by atomic mass is 10.1. The minimum Gasteiger partial charge on any atom is -0.366 e. The molecular formula is C14H9Br2ClN2O2. The number of carbonyl (C=O) groups excluding carboxylic acids is 2. The van der Waals surface area contributed by atoms with E-state index in [0.29, 0.717) is 11.3 Å². The summed E-state index contributed by atoms with van der Waals surface area (Å²) in [6, 6.07) is 9.73. The molecule has 0 saturated heterocycles. The van der Waals surface area contributed by atoms with Gasteiger partial charge in [0.15, 0.2) is 0 Å². The van der Waals surface area contributed by atoms with Crippen molar-refractivity contribution in [3.05, 3.63) is 61.5 Å². The van der Waals surface area contributed by atoms with Gasteiger partial charge in [0.25, 0.3) is 5.91 Å². The Kier molecular flexibility index (Phi) is 5.03. The van der Waals surface area contributed by atoms with Crippen LogP contribution in [0.25, 0.3) is 0 Å². The van der Waals surface area contributed by atoms with Crippen LogP contribution < -0.4 is 11.1 Å². The molecule has 0 aliphatic rings. The number of nitrogens with two attached hydrogens (primary N) is 1. The van der Waals surface area contributed by atoms with Gasteiger partial charge < -0.3 is 11.1 Å². The first kappa shape index (κ1) is 16.0. The fraction of sp³-hybridized carbons (Fsp3) is 0. The molecule has 2 rings (SSSR count). The predicted octanol–water partition coefficient (Wildman–Crippen LogP) is 4.22. The van der Waals surface area contributed by atoms with Crippen molar-refractivity contribution in [3.8, 4) is 0 Å². The maximum atomic E-state index is 12.2. The zero-order valence-corrected chi connectivity index (χ0v) is 14.4. The summed E-state index contributed by atoms with van der Waals surface area (Å²) in [5.41, 5.74) is 6.33. The number of halogens is 3. The summed E-state index contributed by atoms with van der Waals surface area (Å²) in [5.74, 6) is -0.909. The standard InChI is InChI=1S/C14H9Br2ClN2O2/c15-8-3-7(4-9(16)5-8)14(21)19-10-1-2-11(13(18)20)12(17)6-10/h1-6H,(H2,18,20)(H,19,21). The van der Waals surface area contributed by atoms with Gasteiger partial charge in [-0.2, -0.15) is 0 Å². The van der Waals surface area contributed by atoms with Gasteiger partial charge in [-0.3, -0.25) is 9.59 Å². The molecule has 3 N–H and O–H groups in total. The highest BCUT2D eigenvalue weighted by atomic mass is 79.9. The van der Waals surface area contributed by atoms with Crippen LogP contribution >= 0.6 is 43.5 Å². The highest BCUT2D eigenvalue weighted by Gasteiger charge is 2.11.